The predicted octanol–water partition coefficient (Wildman–Crippen LogP) is 2.52. The molecule has 0 radical (unpaired) electrons. The molecule has 0 spiro atoms. The van der Waals surface area contributed by atoms with Crippen LogP contribution in [0.5, 0.6) is 34.5 Å². The minimum Gasteiger partial charge on any atom is -0.508 e. The zero-order valence-electron chi connectivity index (χ0n) is 15.2. The Bertz CT molecular complexity index is 1040. The van der Waals surface area contributed by atoms with Crippen molar-refractivity contribution in [1.29, 1.82) is 0 Å². The normalized spacial score (nSPS) is 18.0. The fraction of sp³-hybridized carbons (Fsp3) is 0.190. The van der Waals surface area contributed by atoms with E-state index in [9.17, 15) is 25.5 Å². The molecule has 2 heterocycles. The number of aromatic nitrogens is 1. The fourth-order valence-corrected chi connectivity index (χ4v) is 3.23. The van der Waals surface area contributed by atoms with Gasteiger partial charge in [0, 0.05) is 24.1 Å². The first-order valence-electron chi connectivity index (χ1n) is 8.90. The lowest BCUT2D eigenvalue weighted by Crippen LogP contribution is -2.30. The number of hydrogen-bond donors (Lipinski definition) is 5. The first kappa shape index (κ1) is 18.7. The van der Waals surface area contributed by atoms with Gasteiger partial charge in [-0.15, -0.1) is 0 Å². The van der Waals surface area contributed by atoms with E-state index in [2.05, 4.69) is 4.98 Å². The highest BCUT2D eigenvalue weighted by molar-refractivity contribution is 5.52. The van der Waals surface area contributed by atoms with Crippen LogP contribution in [0.1, 0.15) is 22.9 Å². The number of phenolic OH excluding ortho intramolecular Hbond substituents is 3. The molecule has 29 heavy (non-hydrogen) atoms. The number of benzene rings is 2. The summed E-state index contributed by atoms with van der Waals surface area (Å²) in [6, 6.07) is 10.2. The molecule has 0 aliphatic carbocycles. The molecular weight excluding hydrogens is 378 g/mol. The lowest BCUT2D eigenvalue weighted by Gasteiger charge is -2.31. The molecule has 0 amide bonds. The predicted molar refractivity (Wildman–Crippen MR) is 101 cm³/mol. The van der Waals surface area contributed by atoms with Gasteiger partial charge in [-0.2, -0.15) is 0 Å². The topological polar surface area (TPSA) is 132 Å². The van der Waals surface area contributed by atoms with Crippen molar-refractivity contribution in [3.05, 3.63) is 65.5 Å². The third kappa shape index (κ3) is 3.83. The number of phenols is 3. The maximum atomic E-state index is 10.5. The van der Waals surface area contributed by atoms with Crippen LogP contribution in [0.4, 0.5) is 0 Å². The zero-order chi connectivity index (χ0) is 20.5. The van der Waals surface area contributed by atoms with E-state index in [0.717, 1.165) is 0 Å². The monoisotopic (exact) mass is 397 g/mol. The van der Waals surface area contributed by atoms with E-state index >= 15 is 0 Å². The molecule has 2 unspecified atom stereocenters. The second-order valence-corrected chi connectivity index (χ2v) is 6.78. The van der Waals surface area contributed by atoms with Crippen LogP contribution in [-0.4, -0.2) is 36.6 Å². The summed E-state index contributed by atoms with van der Waals surface area (Å²) in [6.45, 7) is 0.0654. The minimum atomic E-state index is -0.950. The van der Waals surface area contributed by atoms with Gasteiger partial charge in [-0.25, -0.2) is 0 Å². The lowest BCUT2D eigenvalue weighted by molar-refractivity contribution is 0.0196. The molecular formula is C21H19NO7. The molecule has 0 bridgehead atoms. The van der Waals surface area contributed by atoms with Gasteiger partial charge in [0.25, 0.3) is 0 Å². The van der Waals surface area contributed by atoms with Crippen LogP contribution in [0.2, 0.25) is 0 Å². The van der Waals surface area contributed by atoms with Crippen LogP contribution in [-0.2, 0) is 13.0 Å². The van der Waals surface area contributed by atoms with E-state index in [1.165, 1.54) is 30.5 Å². The maximum Gasteiger partial charge on any atom is 0.161 e. The van der Waals surface area contributed by atoms with Crippen LogP contribution < -0.4 is 9.47 Å². The minimum absolute atomic E-state index is 0.0411. The smallest absolute Gasteiger partial charge is 0.161 e. The molecule has 2 atom stereocenters. The molecule has 1 aromatic heterocycles. The van der Waals surface area contributed by atoms with Crippen LogP contribution in [0.3, 0.4) is 0 Å². The third-order valence-corrected chi connectivity index (χ3v) is 4.68. The Hall–Kier alpha value is -3.65. The summed E-state index contributed by atoms with van der Waals surface area (Å²) in [4.78, 5) is 4.02. The summed E-state index contributed by atoms with van der Waals surface area (Å²) >= 11 is 0. The Morgan fingerprint density at radius 1 is 0.966 bits per heavy atom. The Morgan fingerprint density at radius 2 is 1.79 bits per heavy atom. The van der Waals surface area contributed by atoms with Gasteiger partial charge in [0.05, 0.1) is 18.0 Å². The fourth-order valence-electron chi connectivity index (χ4n) is 3.23. The highest BCUT2D eigenvalue weighted by Gasteiger charge is 2.32. The van der Waals surface area contributed by atoms with Crippen LogP contribution in [0.25, 0.3) is 0 Å². The van der Waals surface area contributed by atoms with Crippen molar-refractivity contribution < 1.29 is 35.0 Å². The second kappa shape index (κ2) is 7.40. The van der Waals surface area contributed by atoms with Gasteiger partial charge in [0.1, 0.15) is 35.7 Å². The van der Waals surface area contributed by atoms with Crippen molar-refractivity contribution in [1.82, 2.24) is 4.98 Å². The molecule has 2 aromatic carbocycles. The molecule has 8 heteroatoms. The molecule has 0 saturated heterocycles. The molecule has 0 saturated carbocycles. The SMILES string of the molecule is Oc1ccc(COc2cc(C3Oc4cc(O)cc(O)c4CC3O)ccc2O)nc1. The summed E-state index contributed by atoms with van der Waals surface area (Å²) in [5.41, 5.74) is 1.53. The van der Waals surface area contributed by atoms with Crippen molar-refractivity contribution >= 4 is 0 Å². The van der Waals surface area contributed by atoms with Gasteiger partial charge in [-0.05, 0) is 29.8 Å². The Morgan fingerprint density at radius 3 is 2.55 bits per heavy atom. The van der Waals surface area contributed by atoms with Crippen molar-refractivity contribution in [2.45, 2.75) is 25.2 Å². The number of hydrogen-bond acceptors (Lipinski definition) is 8. The van der Waals surface area contributed by atoms with Crippen molar-refractivity contribution in [2.24, 2.45) is 0 Å². The number of fused-ring (bicyclic) bond motifs is 1. The average molecular weight is 397 g/mol. The quantitative estimate of drug-likeness (QED) is 0.454. The zero-order valence-corrected chi connectivity index (χ0v) is 15.2. The number of pyridine rings is 1. The lowest BCUT2D eigenvalue weighted by atomic mass is 9.94. The van der Waals surface area contributed by atoms with Gasteiger partial charge in [-0.3, -0.25) is 4.98 Å². The molecule has 1 aliphatic heterocycles. The number of aliphatic hydroxyl groups is 1. The number of rotatable bonds is 4. The van der Waals surface area contributed by atoms with Gasteiger partial charge >= 0.3 is 0 Å². The molecule has 150 valence electrons. The van der Waals surface area contributed by atoms with Crippen LogP contribution >= 0.6 is 0 Å². The Balaban J connectivity index is 1.57. The van der Waals surface area contributed by atoms with Crippen LogP contribution in [0, 0.1) is 0 Å². The molecule has 0 fully saturated rings. The molecule has 1 aliphatic rings. The summed E-state index contributed by atoms with van der Waals surface area (Å²) < 4.78 is 11.4. The maximum absolute atomic E-state index is 10.5. The van der Waals surface area contributed by atoms with Crippen molar-refractivity contribution in [3.8, 4) is 34.5 Å². The largest absolute Gasteiger partial charge is 0.508 e. The van der Waals surface area contributed by atoms with Gasteiger partial charge in [0.2, 0.25) is 0 Å². The third-order valence-electron chi connectivity index (χ3n) is 4.68. The van der Waals surface area contributed by atoms with E-state index in [-0.39, 0.29) is 47.5 Å². The molecule has 5 N–H and O–H groups in total. The summed E-state index contributed by atoms with van der Waals surface area (Å²) in [6.07, 6.45) is -0.295. The Kier molecular flexibility index (Phi) is 4.77. The van der Waals surface area contributed by atoms with Crippen LogP contribution in [0.15, 0.2) is 48.7 Å². The van der Waals surface area contributed by atoms with Gasteiger partial charge in [-0.1, -0.05) is 6.07 Å². The summed E-state index contributed by atoms with van der Waals surface area (Å²) in [5.74, 6) is 0.119. The summed E-state index contributed by atoms with van der Waals surface area (Å²) in [7, 11) is 0. The Labute approximate surface area is 165 Å². The first-order chi connectivity index (χ1) is 13.9. The second-order valence-electron chi connectivity index (χ2n) is 6.78. The first-order valence-corrected chi connectivity index (χ1v) is 8.90. The summed E-state index contributed by atoms with van der Waals surface area (Å²) in [5, 5.41) is 49.6. The number of aromatic hydroxyl groups is 4. The van der Waals surface area contributed by atoms with E-state index in [1.54, 1.807) is 18.2 Å². The number of nitrogens with zero attached hydrogens (tertiary/aromatic N) is 1. The average Bonchev–Trinajstić information content (AvgIpc) is 2.69. The standard InChI is InChI=1S/C21H19NO7/c23-13-3-2-12(22-9-13)10-28-20-5-11(1-4-16(20)25)21-18(27)8-15-17(26)6-14(24)7-19(15)29-21/h1-7,9,18,21,23-27H,8,10H2. The van der Waals surface area contributed by atoms with Gasteiger partial charge < -0.3 is 35.0 Å². The van der Waals surface area contributed by atoms with E-state index in [4.69, 9.17) is 9.47 Å². The molecule has 8 nitrogen and oxygen atoms in total. The van der Waals surface area contributed by atoms with E-state index < -0.39 is 12.2 Å². The van der Waals surface area contributed by atoms with Crippen molar-refractivity contribution in [2.75, 3.05) is 0 Å². The van der Waals surface area contributed by atoms with Gasteiger partial charge in [0.15, 0.2) is 11.5 Å². The number of ether oxygens (including phenoxy) is 2. The molecule has 4 rings (SSSR count). The molecule has 3 aromatic rings. The number of aliphatic hydroxyl groups excluding tert-OH is 1. The van der Waals surface area contributed by atoms with Crippen molar-refractivity contribution in [3.63, 3.8) is 0 Å². The highest BCUT2D eigenvalue weighted by atomic mass is 16.5. The van der Waals surface area contributed by atoms with E-state index in [0.29, 0.717) is 16.8 Å². The van der Waals surface area contributed by atoms with E-state index in [1.807, 2.05) is 0 Å². The highest BCUT2D eigenvalue weighted by Crippen LogP contribution is 2.43.